The number of benzene rings is 2. The third-order valence-corrected chi connectivity index (χ3v) is 5.23. The summed E-state index contributed by atoms with van der Waals surface area (Å²) in [5.74, 6) is 2.01. The maximum absolute atomic E-state index is 5.48. The highest BCUT2D eigenvalue weighted by molar-refractivity contribution is 7.98. The first-order chi connectivity index (χ1) is 12.2. The monoisotopic (exact) mass is 355 g/mol. The summed E-state index contributed by atoms with van der Waals surface area (Å²) in [6.07, 6.45) is 2.06. The molecule has 0 saturated heterocycles. The lowest BCUT2D eigenvalue weighted by atomic mass is 10.2. The Bertz CT molecular complexity index is 859. The van der Waals surface area contributed by atoms with Crippen LogP contribution in [0.15, 0.2) is 47.4 Å². The topological polar surface area (TPSA) is 39.1 Å². The van der Waals surface area contributed by atoms with Crippen molar-refractivity contribution in [3.8, 4) is 5.75 Å². The Morgan fingerprint density at radius 1 is 1.24 bits per heavy atom. The molecule has 0 amide bonds. The second-order valence-electron chi connectivity index (χ2n) is 5.99. The van der Waals surface area contributed by atoms with Crippen LogP contribution in [0.3, 0.4) is 0 Å². The van der Waals surface area contributed by atoms with E-state index in [9.17, 15) is 0 Å². The fourth-order valence-electron chi connectivity index (χ4n) is 3.11. The predicted octanol–water partition coefficient (Wildman–Crippen LogP) is 4.64. The third kappa shape index (κ3) is 3.67. The summed E-state index contributed by atoms with van der Waals surface area (Å²) in [6, 6.07) is 14.8. The molecule has 0 saturated carbocycles. The van der Waals surface area contributed by atoms with Crippen LogP contribution in [0.4, 0.5) is 0 Å². The maximum Gasteiger partial charge on any atom is 0.132 e. The smallest absolute Gasteiger partial charge is 0.132 e. The average molecular weight is 356 g/mol. The lowest BCUT2D eigenvalue weighted by Gasteiger charge is -2.16. The number of thioether (sulfide) groups is 1. The van der Waals surface area contributed by atoms with E-state index in [2.05, 4.69) is 66.4 Å². The van der Waals surface area contributed by atoms with Gasteiger partial charge < -0.3 is 14.6 Å². The molecule has 0 radical (unpaired) electrons. The van der Waals surface area contributed by atoms with Gasteiger partial charge >= 0.3 is 0 Å². The second kappa shape index (κ2) is 7.93. The number of imidazole rings is 1. The number of fused-ring (bicyclic) bond motifs is 1. The third-order valence-electron chi connectivity index (χ3n) is 4.45. The quantitative estimate of drug-likeness (QED) is 0.627. The molecule has 5 heteroatoms. The summed E-state index contributed by atoms with van der Waals surface area (Å²) >= 11 is 1.70. The number of rotatable bonds is 7. The number of hydrogen-bond donors (Lipinski definition) is 1. The molecule has 0 aliphatic heterocycles. The van der Waals surface area contributed by atoms with Gasteiger partial charge in [-0.2, -0.15) is 0 Å². The van der Waals surface area contributed by atoms with Gasteiger partial charge in [0.1, 0.15) is 11.6 Å². The largest absolute Gasteiger partial charge is 0.496 e. The molecule has 3 rings (SSSR count). The zero-order chi connectivity index (χ0) is 17.8. The molecule has 1 unspecified atom stereocenters. The van der Waals surface area contributed by atoms with Crippen LogP contribution in [0.5, 0.6) is 5.75 Å². The van der Waals surface area contributed by atoms with Gasteiger partial charge in [-0.15, -0.1) is 11.8 Å². The number of para-hydroxylation sites is 2. The summed E-state index contributed by atoms with van der Waals surface area (Å²) < 4.78 is 7.76. The molecular formula is C20H25N3OS. The van der Waals surface area contributed by atoms with Crippen LogP contribution in [0, 0.1) is 0 Å². The van der Waals surface area contributed by atoms with Crippen molar-refractivity contribution in [2.75, 3.05) is 13.4 Å². The molecule has 0 bridgehead atoms. The number of ether oxygens (including phenoxy) is 1. The van der Waals surface area contributed by atoms with Gasteiger partial charge in [0.2, 0.25) is 0 Å². The molecule has 25 heavy (non-hydrogen) atoms. The number of methoxy groups -OCH3 is 1. The van der Waals surface area contributed by atoms with Crippen molar-refractivity contribution in [1.82, 2.24) is 14.9 Å². The van der Waals surface area contributed by atoms with Crippen molar-refractivity contribution >= 4 is 22.8 Å². The normalized spacial score (nSPS) is 12.5. The summed E-state index contributed by atoms with van der Waals surface area (Å²) in [5, 5.41) is 3.59. The Labute approximate surface area is 153 Å². The summed E-state index contributed by atoms with van der Waals surface area (Å²) in [6.45, 7) is 6.02. The Morgan fingerprint density at radius 3 is 2.76 bits per heavy atom. The molecule has 1 heterocycles. The van der Waals surface area contributed by atoms with Gasteiger partial charge in [-0.1, -0.05) is 18.2 Å². The summed E-state index contributed by atoms with van der Waals surface area (Å²) in [7, 11) is 1.72. The molecule has 1 atom stereocenters. The molecule has 3 aromatic rings. The highest BCUT2D eigenvalue weighted by atomic mass is 32.2. The molecule has 0 aliphatic rings. The molecule has 0 fully saturated rings. The van der Waals surface area contributed by atoms with Crippen LogP contribution in [0.1, 0.15) is 31.3 Å². The average Bonchev–Trinajstić information content (AvgIpc) is 3.04. The van der Waals surface area contributed by atoms with E-state index in [1.165, 1.54) is 11.1 Å². The number of hydrogen-bond acceptors (Lipinski definition) is 4. The van der Waals surface area contributed by atoms with Gasteiger partial charge in [0.15, 0.2) is 0 Å². The summed E-state index contributed by atoms with van der Waals surface area (Å²) in [5.41, 5.74) is 3.46. The summed E-state index contributed by atoms with van der Waals surface area (Å²) in [4.78, 5) is 5.99. The highest BCUT2D eigenvalue weighted by Crippen LogP contribution is 2.28. The van der Waals surface area contributed by atoms with Crippen LogP contribution in [0.25, 0.3) is 11.0 Å². The van der Waals surface area contributed by atoms with Crippen molar-refractivity contribution in [2.45, 2.75) is 37.9 Å². The van der Waals surface area contributed by atoms with E-state index in [1.54, 1.807) is 18.9 Å². The first kappa shape index (κ1) is 17.8. The zero-order valence-corrected chi connectivity index (χ0v) is 16.1. The van der Waals surface area contributed by atoms with Crippen LogP contribution in [0.2, 0.25) is 0 Å². The van der Waals surface area contributed by atoms with Crippen LogP contribution in [-0.4, -0.2) is 22.9 Å². The molecule has 0 spiro atoms. The first-order valence-electron chi connectivity index (χ1n) is 8.57. The number of nitrogens with zero attached hydrogens (tertiary/aromatic N) is 2. The van der Waals surface area contributed by atoms with Crippen molar-refractivity contribution in [3.05, 3.63) is 53.9 Å². The van der Waals surface area contributed by atoms with E-state index in [-0.39, 0.29) is 6.04 Å². The zero-order valence-electron chi connectivity index (χ0n) is 15.2. The minimum Gasteiger partial charge on any atom is -0.496 e. The Balaban J connectivity index is 1.78. The van der Waals surface area contributed by atoms with Crippen LogP contribution in [-0.2, 0) is 13.1 Å². The molecule has 0 aliphatic carbocycles. The van der Waals surface area contributed by atoms with Crippen LogP contribution >= 0.6 is 11.8 Å². The standard InChI is InChI=1S/C20H25N3OS/c1-5-23-17-9-7-6-8-16(17)22-20(23)14(2)21-13-15-10-11-19(25-4)18(12-15)24-3/h6-12,14,21H,5,13H2,1-4H3. The van der Waals surface area contributed by atoms with E-state index in [0.717, 1.165) is 35.1 Å². The molecule has 1 aromatic heterocycles. The van der Waals surface area contributed by atoms with Crippen molar-refractivity contribution in [3.63, 3.8) is 0 Å². The van der Waals surface area contributed by atoms with Gasteiger partial charge in [-0.05, 0) is 49.9 Å². The minimum atomic E-state index is 0.165. The predicted molar refractivity (Wildman–Crippen MR) is 105 cm³/mol. The van der Waals surface area contributed by atoms with Crippen LogP contribution < -0.4 is 10.1 Å². The minimum absolute atomic E-state index is 0.165. The Hall–Kier alpha value is -1.98. The van der Waals surface area contributed by atoms with E-state index >= 15 is 0 Å². The highest BCUT2D eigenvalue weighted by Gasteiger charge is 2.15. The van der Waals surface area contributed by atoms with Crippen molar-refractivity contribution < 1.29 is 4.74 Å². The molecule has 2 aromatic carbocycles. The van der Waals surface area contributed by atoms with E-state index < -0.39 is 0 Å². The Kier molecular flexibility index (Phi) is 5.66. The van der Waals surface area contributed by atoms with Gasteiger partial charge in [-0.3, -0.25) is 0 Å². The first-order valence-corrected chi connectivity index (χ1v) is 9.79. The van der Waals surface area contributed by atoms with Gasteiger partial charge in [0.25, 0.3) is 0 Å². The number of aromatic nitrogens is 2. The number of aryl methyl sites for hydroxylation is 1. The lowest BCUT2D eigenvalue weighted by molar-refractivity contribution is 0.403. The molecule has 4 nitrogen and oxygen atoms in total. The van der Waals surface area contributed by atoms with Crippen molar-refractivity contribution in [1.29, 1.82) is 0 Å². The molecule has 132 valence electrons. The lowest BCUT2D eigenvalue weighted by Crippen LogP contribution is -2.21. The SMILES string of the molecule is CCn1c(C(C)NCc2ccc(SC)c(OC)c2)nc2ccccc21. The number of nitrogens with one attached hydrogen (secondary N) is 1. The molecular weight excluding hydrogens is 330 g/mol. The van der Waals surface area contributed by atoms with E-state index in [0.29, 0.717) is 0 Å². The fraction of sp³-hybridized carbons (Fsp3) is 0.350. The van der Waals surface area contributed by atoms with E-state index in [4.69, 9.17) is 9.72 Å². The van der Waals surface area contributed by atoms with Gasteiger partial charge in [0.05, 0.1) is 24.2 Å². The fourth-order valence-corrected chi connectivity index (χ4v) is 3.66. The van der Waals surface area contributed by atoms with Gasteiger partial charge in [0, 0.05) is 18.0 Å². The molecule has 1 N–H and O–H groups in total. The van der Waals surface area contributed by atoms with E-state index in [1.807, 2.05) is 6.07 Å². The maximum atomic E-state index is 5.48. The second-order valence-corrected chi connectivity index (χ2v) is 6.84. The van der Waals surface area contributed by atoms with Gasteiger partial charge in [-0.25, -0.2) is 4.98 Å². The Morgan fingerprint density at radius 2 is 2.04 bits per heavy atom. The van der Waals surface area contributed by atoms with Crippen molar-refractivity contribution in [2.24, 2.45) is 0 Å².